The number of nitrogens with zero attached hydrogens (tertiary/aromatic N) is 2. The molecule has 0 saturated carbocycles. The van der Waals surface area contributed by atoms with Crippen LogP contribution in [0.25, 0.3) is 0 Å². The quantitative estimate of drug-likeness (QED) is 0.848. The molecule has 0 N–H and O–H groups in total. The highest BCUT2D eigenvalue weighted by atomic mass is 16.7. The molecule has 0 aliphatic carbocycles. The van der Waals surface area contributed by atoms with Crippen molar-refractivity contribution in [1.82, 2.24) is 9.88 Å². The van der Waals surface area contributed by atoms with E-state index in [-0.39, 0.29) is 18.7 Å². The zero-order valence-electron chi connectivity index (χ0n) is 14.3. The number of amides is 1. The average molecular weight is 326 g/mol. The van der Waals surface area contributed by atoms with E-state index < -0.39 is 0 Å². The number of ether oxygens (including phenoxy) is 2. The molecule has 1 atom stereocenters. The van der Waals surface area contributed by atoms with Crippen molar-refractivity contribution in [1.29, 1.82) is 0 Å². The van der Waals surface area contributed by atoms with Gasteiger partial charge in [0.15, 0.2) is 11.5 Å². The molecule has 0 bridgehead atoms. The number of hydrogen-bond donors (Lipinski definition) is 0. The average Bonchev–Trinajstić information content (AvgIpc) is 3.01. The lowest BCUT2D eigenvalue weighted by atomic mass is 10.1. The topological polar surface area (TPSA) is 51.7 Å². The summed E-state index contributed by atoms with van der Waals surface area (Å²) >= 11 is 0. The predicted molar refractivity (Wildman–Crippen MR) is 91.2 cm³/mol. The summed E-state index contributed by atoms with van der Waals surface area (Å²) in [6.45, 7) is 4.33. The monoisotopic (exact) mass is 326 g/mol. The number of carbonyl (C=O) groups excluding carboxylic acids is 1. The normalized spacial score (nSPS) is 13.6. The molecular formula is C19H22N2O3. The first kappa shape index (κ1) is 16.3. The number of pyridine rings is 1. The molecule has 2 heterocycles. The molecule has 1 aromatic carbocycles. The third-order valence-corrected chi connectivity index (χ3v) is 4.32. The highest BCUT2D eigenvalue weighted by Gasteiger charge is 2.19. The highest BCUT2D eigenvalue weighted by molar-refractivity contribution is 5.79. The standard InChI is InChI=1S/C19H22N2O3/c1-13-6-7-20-16(8-13)9-14(2)21(3)19(22)11-15-4-5-17-18(10-15)24-12-23-17/h4-8,10,14H,9,11-12H2,1-3H3/t14-/m0/s1. The predicted octanol–water partition coefficient (Wildman–Crippen LogP) is 2.75. The van der Waals surface area contributed by atoms with Gasteiger partial charge in [-0.25, -0.2) is 0 Å². The van der Waals surface area contributed by atoms with Crippen LogP contribution in [0.4, 0.5) is 0 Å². The lowest BCUT2D eigenvalue weighted by Gasteiger charge is -2.25. The fourth-order valence-corrected chi connectivity index (χ4v) is 2.75. The molecule has 3 rings (SSSR count). The van der Waals surface area contributed by atoms with Gasteiger partial charge in [-0.15, -0.1) is 0 Å². The number of carbonyl (C=O) groups is 1. The van der Waals surface area contributed by atoms with Crippen LogP contribution < -0.4 is 9.47 Å². The van der Waals surface area contributed by atoms with Gasteiger partial charge in [-0.2, -0.15) is 0 Å². The minimum absolute atomic E-state index is 0.0778. The third kappa shape index (κ3) is 3.67. The molecule has 1 amide bonds. The maximum absolute atomic E-state index is 12.5. The number of hydrogen-bond acceptors (Lipinski definition) is 4. The van der Waals surface area contributed by atoms with Crippen molar-refractivity contribution in [2.24, 2.45) is 0 Å². The first-order valence-electron chi connectivity index (χ1n) is 8.08. The van der Waals surface area contributed by atoms with Crippen molar-refractivity contribution in [2.75, 3.05) is 13.8 Å². The van der Waals surface area contributed by atoms with Gasteiger partial charge in [0, 0.05) is 31.4 Å². The van der Waals surface area contributed by atoms with Gasteiger partial charge in [0.25, 0.3) is 0 Å². The fraction of sp³-hybridized carbons (Fsp3) is 0.368. The van der Waals surface area contributed by atoms with Crippen molar-refractivity contribution < 1.29 is 14.3 Å². The van der Waals surface area contributed by atoms with Gasteiger partial charge in [0.05, 0.1) is 6.42 Å². The van der Waals surface area contributed by atoms with E-state index in [4.69, 9.17) is 9.47 Å². The Hall–Kier alpha value is -2.56. The molecule has 5 nitrogen and oxygen atoms in total. The zero-order chi connectivity index (χ0) is 17.1. The van der Waals surface area contributed by atoms with Crippen LogP contribution >= 0.6 is 0 Å². The first-order valence-corrected chi connectivity index (χ1v) is 8.08. The number of likely N-dealkylation sites (N-methyl/N-ethyl adjacent to an activating group) is 1. The Morgan fingerprint density at radius 1 is 1.25 bits per heavy atom. The van der Waals surface area contributed by atoms with Crippen LogP contribution in [0.15, 0.2) is 36.5 Å². The van der Waals surface area contributed by atoms with E-state index in [0.717, 1.165) is 23.4 Å². The lowest BCUT2D eigenvalue weighted by molar-refractivity contribution is -0.130. The summed E-state index contributed by atoms with van der Waals surface area (Å²) in [6.07, 6.45) is 2.90. The fourth-order valence-electron chi connectivity index (χ4n) is 2.75. The summed E-state index contributed by atoms with van der Waals surface area (Å²) in [5, 5.41) is 0. The van der Waals surface area contributed by atoms with Crippen LogP contribution in [0, 0.1) is 6.92 Å². The van der Waals surface area contributed by atoms with E-state index in [2.05, 4.69) is 11.1 Å². The molecule has 1 aliphatic heterocycles. The maximum atomic E-state index is 12.5. The Bertz CT molecular complexity index is 745. The number of aromatic nitrogens is 1. The Morgan fingerprint density at radius 3 is 2.83 bits per heavy atom. The van der Waals surface area contributed by atoms with Crippen molar-refractivity contribution in [2.45, 2.75) is 32.7 Å². The second-order valence-corrected chi connectivity index (χ2v) is 6.25. The minimum atomic E-state index is 0.0778. The lowest BCUT2D eigenvalue weighted by Crippen LogP contribution is -2.37. The molecule has 0 spiro atoms. The molecule has 1 aromatic heterocycles. The van der Waals surface area contributed by atoms with Crippen LogP contribution in [-0.4, -0.2) is 35.7 Å². The van der Waals surface area contributed by atoms with Crippen LogP contribution in [0.1, 0.15) is 23.7 Å². The van der Waals surface area contributed by atoms with Crippen LogP contribution in [0.2, 0.25) is 0 Å². The molecular weight excluding hydrogens is 304 g/mol. The largest absolute Gasteiger partial charge is 0.454 e. The van der Waals surface area contributed by atoms with Crippen LogP contribution in [-0.2, 0) is 17.6 Å². The van der Waals surface area contributed by atoms with Crippen molar-refractivity contribution in [3.8, 4) is 11.5 Å². The van der Waals surface area contributed by atoms with Gasteiger partial charge < -0.3 is 14.4 Å². The van der Waals surface area contributed by atoms with Gasteiger partial charge in [0.2, 0.25) is 12.7 Å². The molecule has 2 aromatic rings. The van der Waals surface area contributed by atoms with Crippen molar-refractivity contribution >= 4 is 5.91 Å². The molecule has 0 fully saturated rings. The number of rotatable bonds is 5. The van der Waals surface area contributed by atoms with E-state index in [0.29, 0.717) is 12.2 Å². The van der Waals surface area contributed by atoms with Gasteiger partial charge in [0.1, 0.15) is 0 Å². The molecule has 5 heteroatoms. The Kier molecular flexibility index (Phi) is 4.69. The van der Waals surface area contributed by atoms with Crippen molar-refractivity contribution in [3.05, 3.63) is 53.3 Å². The number of benzene rings is 1. The van der Waals surface area contributed by atoms with Gasteiger partial charge in [-0.1, -0.05) is 6.07 Å². The number of fused-ring (bicyclic) bond motifs is 1. The first-order chi connectivity index (χ1) is 11.5. The highest BCUT2D eigenvalue weighted by Crippen LogP contribution is 2.32. The summed E-state index contributed by atoms with van der Waals surface area (Å²) in [6, 6.07) is 9.76. The summed E-state index contributed by atoms with van der Waals surface area (Å²) in [5.41, 5.74) is 3.11. The van der Waals surface area contributed by atoms with E-state index in [1.807, 2.05) is 51.4 Å². The Labute approximate surface area is 142 Å². The molecule has 24 heavy (non-hydrogen) atoms. The van der Waals surface area contributed by atoms with Gasteiger partial charge in [-0.3, -0.25) is 9.78 Å². The van der Waals surface area contributed by atoms with E-state index in [9.17, 15) is 4.79 Å². The third-order valence-electron chi connectivity index (χ3n) is 4.32. The summed E-state index contributed by atoms with van der Waals surface area (Å²) in [5.74, 6) is 1.52. The summed E-state index contributed by atoms with van der Waals surface area (Å²) < 4.78 is 10.7. The summed E-state index contributed by atoms with van der Waals surface area (Å²) in [7, 11) is 1.84. The van der Waals surface area contributed by atoms with E-state index in [1.165, 1.54) is 5.56 Å². The smallest absolute Gasteiger partial charge is 0.231 e. The zero-order valence-corrected chi connectivity index (χ0v) is 14.3. The Balaban J connectivity index is 1.61. The molecule has 0 radical (unpaired) electrons. The van der Waals surface area contributed by atoms with E-state index >= 15 is 0 Å². The minimum Gasteiger partial charge on any atom is -0.454 e. The van der Waals surface area contributed by atoms with Crippen LogP contribution in [0.5, 0.6) is 11.5 Å². The second kappa shape index (κ2) is 6.91. The van der Waals surface area contributed by atoms with Crippen molar-refractivity contribution in [3.63, 3.8) is 0 Å². The van der Waals surface area contributed by atoms with E-state index in [1.54, 1.807) is 4.90 Å². The molecule has 0 saturated heterocycles. The second-order valence-electron chi connectivity index (χ2n) is 6.25. The summed E-state index contributed by atoms with van der Waals surface area (Å²) in [4.78, 5) is 18.7. The van der Waals surface area contributed by atoms with Crippen LogP contribution in [0.3, 0.4) is 0 Å². The molecule has 0 unspecified atom stereocenters. The van der Waals surface area contributed by atoms with Gasteiger partial charge in [-0.05, 0) is 49.2 Å². The molecule has 1 aliphatic rings. The Morgan fingerprint density at radius 2 is 2.04 bits per heavy atom. The number of aryl methyl sites for hydroxylation is 1. The maximum Gasteiger partial charge on any atom is 0.231 e. The SMILES string of the molecule is Cc1ccnc(C[C@H](C)N(C)C(=O)Cc2ccc3c(c2)OCO3)c1. The molecule has 126 valence electrons. The van der Waals surface area contributed by atoms with Gasteiger partial charge >= 0.3 is 0 Å².